The van der Waals surface area contributed by atoms with E-state index < -0.39 is 35.4 Å². The van der Waals surface area contributed by atoms with Crippen molar-refractivity contribution < 1.29 is 24.3 Å². The van der Waals surface area contributed by atoms with Gasteiger partial charge in [-0.25, -0.2) is 0 Å². The summed E-state index contributed by atoms with van der Waals surface area (Å²) in [6, 6.07) is 13.0. The van der Waals surface area contributed by atoms with Gasteiger partial charge in [0.2, 0.25) is 0 Å². The number of hydrogen-bond acceptors (Lipinski definition) is 6. The first-order valence-electron chi connectivity index (χ1n) is 10.5. The number of nitro groups is 1. The van der Waals surface area contributed by atoms with Crippen LogP contribution >= 0.6 is 0 Å². The number of carbonyl (C=O) groups is 1. The number of amides is 1. The summed E-state index contributed by atoms with van der Waals surface area (Å²) >= 11 is 0. The molecule has 0 aromatic heterocycles. The first-order valence-corrected chi connectivity index (χ1v) is 10.5. The van der Waals surface area contributed by atoms with E-state index in [4.69, 9.17) is 9.47 Å². The predicted octanol–water partition coefficient (Wildman–Crippen LogP) is 3.28. The van der Waals surface area contributed by atoms with Crippen molar-refractivity contribution in [3.63, 3.8) is 0 Å². The van der Waals surface area contributed by atoms with Crippen LogP contribution in [0.4, 0.5) is 5.69 Å². The van der Waals surface area contributed by atoms with Gasteiger partial charge in [-0.1, -0.05) is 24.3 Å². The highest BCUT2D eigenvalue weighted by molar-refractivity contribution is 5.94. The van der Waals surface area contributed by atoms with E-state index in [-0.39, 0.29) is 17.4 Å². The van der Waals surface area contributed by atoms with Gasteiger partial charge in [0, 0.05) is 24.1 Å². The summed E-state index contributed by atoms with van der Waals surface area (Å²) in [6.45, 7) is 1.75. The molecule has 1 aliphatic heterocycles. The number of aliphatic hydroxyl groups is 1. The second kappa shape index (κ2) is 9.13. The molecule has 164 valence electrons. The summed E-state index contributed by atoms with van der Waals surface area (Å²) in [5.41, 5.74) is 2.65. The van der Waals surface area contributed by atoms with E-state index >= 15 is 0 Å². The van der Waals surface area contributed by atoms with Crippen LogP contribution in [0.2, 0.25) is 0 Å². The van der Waals surface area contributed by atoms with Crippen LogP contribution < -0.4 is 5.32 Å². The zero-order valence-corrected chi connectivity index (χ0v) is 17.3. The van der Waals surface area contributed by atoms with Crippen molar-refractivity contribution in [3.8, 4) is 0 Å². The van der Waals surface area contributed by atoms with Gasteiger partial charge in [-0.3, -0.25) is 14.9 Å². The maximum absolute atomic E-state index is 12.6. The third-order valence-electron chi connectivity index (χ3n) is 5.99. The molecule has 1 aliphatic carbocycles. The van der Waals surface area contributed by atoms with Gasteiger partial charge in [-0.05, 0) is 49.4 Å². The molecule has 0 spiro atoms. The summed E-state index contributed by atoms with van der Waals surface area (Å²) in [4.78, 5) is 22.9. The Hall–Kier alpha value is -2.81. The zero-order chi connectivity index (χ0) is 22.0. The number of nitrogens with one attached hydrogen (secondary N) is 1. The Morgan fingerprint density at radius 1 is 1.23 bits per heavy atom. The highest BCUT2D eigenvalue weighted by Gasteiger charge is 2.38. The molecule has 1 amide bonds. The van der Waals surface area contributed by atoms with Gasteiger partial charge in [0.25, 0.3) is 11.6 Å². The van der Waals surface area contributed by atoms with Crippen LogP contribution in [-0.2, 0) is 15.9 Å². The Morgan fingerprint density at radius 2 is 1.97 bits per heavy atom. The fraction of sp³-hybridized carbons (Fsp3) is 0.435. The van der Waals surface area contributed by atoms with Crippen LogP contribution in [0.3, 0.4) is 0 Å². The minimum Gasteiger partial charge on any atom is -0.388 e. The van der Waals surface area contributed by atoms with Gasteiger partial charge in [0.15, 0.2) is 6.29 Å². The number of fused-ring (bicyclic) bond motifs is 1. The topological polar surface area (TPSA) is 111 Å². The zero-order valence-electron chi connectivity index (χ0n) is 17.3. The van der Waals surface area contributed by atoms with Crippen molar-refractivity contribution >= 4 is 11.6 Å². The summed E-state index contributed by atoms with van der Waals surface area (Å²) < 4.78 is 12.2. The quantitative estimate of drug-likeness (QED) is 0.561. The van der Waals surface area contributed by atoms with Crippen LogP contribution in [0, 0.1) is 10.1 Å². The van der Waals surface area contributed by atoms with Gasteiger partial charge in [-0.15, -0.1) is 0 Å². The Morgan fingerprint density at radius 3 is 2.71 bits per heavy atom. The largest absolute Gasteiger partial charge is 0.388 e. The highest BCUT2D eigenvalue weighted by Crippen LogP contribution is 2.35. The lowest BCUT2D eigenvalue weighted by atomic mass is 9.89. The molecule has 31 heavy (non-hydrogen) atoms. The van der Waals surface area contributed by atoms with Crippen LogP contribution in [0.15, 0.2) is 48.5 Å². The van der Waals surface area contributed by atoms with E-state index in [9.17, 15) is 20.0 Å². The average Bonchev–Trinajstić information content (AvgIpc) is 2.77. The number of hydrogen-bond donors (Lipinski definition) is 2. The van der Waals surface area contributed by atoms with Crippen LogP contribution in [0.5, 0.6) is 0 Å². The fourth-order valence-corrected chi connectivity index (χ4v) is 4.30. The molecule has 2 aromatic carbocycles. The summed E-state index contributed by atoms with van der Waals surface area (Å²) in [7, 11) is 0. The van der Waals surface area contributed by atoms with Gasteiger partial charge in [-0.2, -0.15) is 0 Å². The Balaban J connectivity index is 1.43. The summed E-state index contributed by atoms with van der Waals surface area (Å²) in [6.07, 6.45) is 1.23. The van der Waals surface area contributed by atoms with E-state index in [2.05, 4.69) is 17.4 Å². The van der Waals surface area contributed by atoms with Crippen LogP contribution in [0.1, 0.15) is 53.8 Å². The van der Waals surface area contributed by atoms with Crippen molar-refractivity contribution in [2.75, 3.05) is 0 Å². The predicted molar refractivity (Wildman–Crippen MR) is 113 cm³/mol. The SMILES string of the molecule is C[C@@H]1OC(OC2CCCc3ccccc32)C[C@H](NC(=O)c2ccc([N+](=O)[O-])cc2)[C@@H]1O. The third-order valence-corrected chi connectivity index (χ3v) is 5.99. The molecule has 2 N–H and O–H groups in total. The van der Waals surface area contributed by atoms with Crippen molar-refractivity contribution in [2.24, 2.45) is 0 Å². The molecular weight excluding hydrogens is 400 g/mol. The van der Waals surface area contributed by atoms with Gasteiger partial charge < -0.3 is 19.9 Å². The molecule has 2 unspecified atom stereocenters. The van der Waals surface area contributed by atoms with Gasteiger partial charge in [0.1, 0.15) is 6.10 Å². The maximum atomic E-state index is 12.6. The summed E-state index contributed by atoms with van der Waals surface area (Å²) in [5.74, 6) is -0.408. The Labute approximate surface area is 180 Å². The molecule has 1 fully saturated rings. The average molecular weight is 426 g/mol. The molecule has 1 saturated heterocycles. The highest BCUT2D eigenvalue weighted by atomic mass is 16.7. The maximum Gasteiger partial charge on any atom is 0.269 e. The van der Waals surface area contributed by atoms with Crippen LogP contribution in [0.25, 0.3) is 0 Å². The molecule has 0 saturated carbocycles. The minimum absolute atomic E-state index is 0.0802. The molecule has 8 heteroatoms. The van der Waals surface area contributed by atoms with Crippen molar-refractivity contribution in [1.29, 1.82) is 0 Å². The number of nitro benzene ring substituents is 1. The van der Waals surface area contributed by atoms with E-state index in [1.165, 1.54) is 35.4 Å². The van der Waals surface area contributed by atoms with Crippen molar-refractivity contribution in [1.82, 2.24) is 5.32 Å². The lowest BCUT2D eigenvalue weighted by molar-refractivity contribution is -0.384. The Kier molecular flexibility index (Phi) is 6.31. The van der Waals surface area contributed by atoms with E-state index in [0.29, 0.717) is 6.42 Å². The number of nitrogens with zero attached hydrogens (tertiary/aromatic N) is 1. The fourth-order valence-electron chi connectivity index (χ4n) is 4.30. The second-order valence-corrected chi connectivity index (χ2v) is 8.10. The van der Waals surface area contributed by atoms with Crippen LogP contribution in [-0.4, -0.2) is 40.5 Å². The normalized spacial score (nSPS) is 27.9. The molecule has 2 aliphatic rings. The number of rotatable bonds is 5. The Bertz CT molecular complexity index is 947. The number of aryl methyl sites for hydroxylation is 1. The number of aliphatic hydroxyl groups excluding tert-OH is 1. The molecular formula is C23H26N2O6. The van der Waals surface area contributed by atoms with Crippen molar-refractivity contribution in [3.05, 3.63) is 75.3 Å². The van der Waals surface area contributed by atoms with E-state index in [0.717, 1.165) is 19.3 Å². The number of benzene rings is 2. The first kappa shape index (κ1) is 21.4. The molecule has 8 nitrogen and oxygen atoms in total. The minimum atomic E-state index is -0.888. The smallest absolute Gasteiger partial charge is 0.269 e. The molecule has 1 heterocycles. The molecule has 0 bridgehead atoms. The number of ether oxygens (including phenoxy) is 2. The second-order valence-electron chi connectivity index (χ2n) is 8.10. The lowest BCUT2D eigenvalue weighted by Gasteiger charge is -2.40. The van der Waals surface area contributed by atoms with Crippen molar-refractivity contribution in [2.45, 2.75) is 63.3 Å². The molecule has 5 atom stereocenters. The number of carbonyl (C=O) groups excluding carboxylic acids is 1. The van der Waals surface area contributed by atoms with Gasteiger partial charge >= 0.3 is 0 Å². The lowest BCUT2D eigenvalue weighted by Crippen LogP contribution is -2.55. The van der Waals surface area contributed by atoms with E-state index in [1.807, 2.05) is 12.1 Å². The molecule has 4 rings (SSSR count). The molecule has 0 radical (unpaired) electrons. The van der Waals surface area contributed by atoms with E-state index in [1.54, 1.807) is 6.92 Å². The summed E-state index contributed by atoms with van der Waals surface area (Å²) in [5, 5.41) is 24.2. The standard InChI is InChI=1S/C23H26N2O6/c1-14-22(26)19(24-23(27)16-9-11-17(12-10-16)25(28)29)13-21(30-14)31-20-8-4-6-15-5-2-3-7-18(15)20/h2-3,5,7,9-12,14,19-22,26H,4,6,8,13H2,1H3,(H,24,27)/t14-,19-,20?,21?,22+/m0/s1. The van der Waals surface area contributed by atoms with Gasteiger partial charge in [0.05, 0.1) is 23.2 Å². The first-order chi connectivity index (χ1) is 14.9. The number of non-ortho nitro benzene ring substituents is 1. The monoisotopic (exact) mass is 426 g/mol. The molecule has 2 aromatic rings. The third kappa shape index (κ3) is 4.76.